The molecule has 4 rings (SSSR count). The second-order valence-corrected chi connectivity index (χ2v) is 7.35. The van der Waals surface area contributed by atoms with Crippen LogP contribution in [-0.4, -0.2) is 51.2 Å². The number of hydrogen-bond acceptors (Lipinski definition) is 3. The van der Waals surface area contributed by atoms with Crippen LogP contribution in [-0.2, 0) is 26.6 Å². The first-order chi connectivity index (χ1) is 13.5. The maximum atomic E-state index is 13.0. The first kappa shape index (κ1) is 18.5. The van der Waals surface area contributed by atoms with Crippen LogP contribution < -0.4 is 5.32 Å². The number of carbonyl (C=O) groups is 2. The molecule has 0 saturated carbocycles. The molecule has 7 nitrogen and oxygen atoms in total. The molecule has 28 heavy (non-hydrogen) atoms. The van der Waals surface area contributed by atoms with E-state index in [1.807, 2.05) is 11.9 Å². The standard InChI is InChI=1S/C20H24FN5O2/c1-24-17-8-11-26(20(28)22-12-14-4-6-15(21)7-5-14)13-16(17)18(23-24)19(27)25-9-2-3-10-25/h4-7H,2-3,8-13H2,1H3,(H,22,28). The maximum absolute atomic E-state index is 13.0. The molecular formula is C20H24FN5O2. The number of nitrogens with zero attached hydrogens (tertiary/aromatic N) is 4. The number of nitrogens with one attached hydrogen (secondary N) is 1. The molecule has 0 unspecified atom stereocenters. The van der Waals surface area contributed by atoms with E-state index in [4.69, 9.17) is 0 Å². The fraction of sp³-hybridized carbons (Fsp3) is 0.450. The molecular weight excluding hydrogens is 361 g/mol. The van der Waals surface area contributed by atoms with Crippen molar-refractivity contribution in [1.29, 1.82) is 0 Å². The number of hydrogen-bond donors (Lipinski definition) is 1. The lowest BCUT2D eigenvalue weighted by Crippen LogP contribution is -2.43. The molecule has 1 aromatic carbocycles. The molecule has 0 atom stereocenters. The van der Waals surface area contributed by atoms with Gasteiger partial charge in [-0.15, -0.1) is 0 Å². The Kier molecular flexibility index (Phi) is 5.02. The summed E-state index contributed by atoms with van der Waals surface area (Å²) >= 11 is 0. The SMILES string of the molecule is Cn1nc(C(=O)N2CCCC2)c2c1CCN(C(=O)NCc1ccc(F)cc1)C2. The van der Waals surface area contributed by atoms with E-state index in [0.717, 1.165) is 42.8 Å². The summed E-state index contributed by atoms with van der Waals surface area (Å²) in [5.41, 5.74) is 3.17. The van der Waals surface area contributed by atoms with Gasteiger partial charge in [0.05, 0.1) is 6.54 Å². The monoisotopic (exact) mass is 385 g/mol. The molecule has 0 spiro atoms. The highest BCUT2D eigenvalue weighted by molar-refractivity contribution is 5.94. The number of amides is 3. The minimum Gasteiger partial charge on any atom is -0.337 e. The van der Waals surface area contributed by atoms with Gasteiger partial charge in [-0.3, -0.25) is 9.48 Å². The van der Waals surface area contributed by atoms with Crippen molar-refractivity contribution >= 4 is 11.9 Å². The number of halogens is 1. The van der Waals surface area contributed by atoms with Gasteiger partial charge in [-0.05, 0) is 30.5 Å². The van der Waals surface area contributed by atoms with E-state index >= 15 is 0 Å². The third-order valence-corrected chi connectivity index (χ3v) is 5.48. The van der Waals surface area contributed by atoms with Crippen LogP contribution in [0.1, 0.15) is 40.2 Å². The summed E-state index contributed by atoms with van der Waals surface area (Å²) in [6.45, 7) is 2.81. The summed E-state index contributed by atoms with van der Waals surface area (Å²) in [7, 11) is 1.85. The Morgan fingerprint density at radius 1 is 1.11 bits per heavy atom. The molecule has 8 heteroatoms. The minimum absolute atomic E-state index is 0.0390. The number of likely N-dealkylation sites (tertiary alicyclic amines) is 1. The van der Waals surface area contributed by atoms with Crippen molar-refractivity contribution in [3.8, 4) is 0 Å². The van der Waals surface area contributed by atoms with Gasteiger partial charge in [0.25, 0.3) is 5.91 Å². The minimum atomic E-state index is -0.301. The van der Waals surface area contributed by atoms with Crippen molar-refractivity contribution in [1.82, 2.24) is 24.9 Å². The molecule has 1 saturated heterocycles. The summed E-state index contributed by atoms with van der Waals surface area (Å²) in [6.07, 6.45) is 2.72. The van der Waals surface area contributed by atoms with Gasteiger partial charge in [-0.2, -0.15) is 5.10 Å². The van der Waals surface area contributed by atoms with Crippen LogP contribution in [0.25, 0.3) is 0 Å². The zero-order chi connectivity index (χ0) is 19.7. The molecule has 3 heterocycles. The van der Waals surface area contributed by atoms with Crippen LogP contribution in [0.3, 0.4) is 0 Å². The van der Waals surface area contributed by atoms with Crippen LogP contribution in [0.4, 0.5) is 9.18 Å². The number of fused-ring (bicyclic) bond motifs is 1. The predicted molar refractivity (Wildman–Crippen MR) is 101 cm³/mol. The average Bonchev–Trinajstić information content (AvgIpc) is 3.35. The topological polar surface area (TPSA) is 70.5 Å². The Labute approximate surface area is 163 Å². The Hall–Kier alpha value is -2.90. The quantitative estimate of drug-likeness (QED) is 0.879. The van der Waals surface area contributed by atoms with E-state index in [-0.39, 0.29) is 17.8 Å². The highest BCUT2D eigenvalue weighted by Crippen LogP contribution is 2.24. The average molecular weight is 385 g/mol. The predicted octanol–water partition coefficient (Wildman–Crippen LogP) is 2.06. The number of aryl methyl sites for hydroxylation is 1. The summed E-state index contributed by atoms with van der Waals surface area (Å²) in [5.74, 6) is -0.340. The van der Waals surface area contributed by atoms with Crippen LogP contribution in [0.15, 0.2) is 24.3 Å². The largest absolute Gasteiger partial charge is 0.337 e. The Morgan fingerprint density at radius 2 is 1.82 bits per heavy atom. The molecule has 2 aliphatic rings. The molecule has 1 fully saturated rings. The van der Waals surface area contributed by atoms with E-state index in [1.54, 1.807) is 21.7 Å². The fourth-order valence-corrected chi connectivity index (χ4v) is 3.90. The van der Waals surface area contributed by atoms with Crippen LogP contribution >= 0.6 is 0 Å². The lowest BCUT2D eigenvalue weighted by atomic mass is 10.0. The summed E-state index contributed by atoms with van der Waals surface area (Å²) in [5, 5.41) is 7.34. The van der Waals surface area contributed by atoms with Gasteiger partial charge in [0.1, 0.15) is 5.82 Å². The first-order valence-electron chi connectivity index (χ1n) is 9.64. The van der Waals surface area contributed by atoms with Gasteiger partial charge in [0.2, 0.25) is 0 Å². The van der Waals surface area contributed by atoms with E-state index in [0.29, 0.717) is 31.7 Å². The van der Waals surface area contributed by atoms with Gasteiger partial charge in [-0.25, -0.2) is 9.18 Å². The molecule has 1 N–H and O–H groups in total. The molecule has 0 radical (unpaired) electrons. The highest BCUT2D eigenvalue weighted by atomic mass is 19.1. The van der Waals surface area contributed by atoms with Crippen LogP contribution in [0.2, 0.25) is 0 Å². The lowest BCUT2D eigenvalue weighted by Gasteiger charge is -2.28. The van der Waals surface area contributed by atoms with E-state index < -0.39 is 0 Å². The van der Waals surface area contributed by atoms with E-state index in [1.165, 1.54) is 12.1 Å². The molecule has 1 aromatic heterocycles. The van der Waals surface area contributed by atoms with Crippen molar-refractivity contribution < 1.29 is 14.0 Å². The highest BCUT2D eigenvalue weighted by Gasteiger charge is 2.31. The normalized spacial score (nSPS) is 16.2. The smallest absolute Gasteiger partial charge is 0.317 e. The van der Waals surface area contributed by atoms with Gasteiger partial charge in [0.15, 0.2) is 5.69 Å². The van der Waals surface area contributed by atoms with E-state index in [9.17, 15) is 14.0 Å². The third-order valence-electron chi connectivity index (χ3n) is 5.48. The summed E-state index contributed by atoms with van der Waals surface area (Å²) in [6, 6.07) is 5.86. The van der Waals surface area contributed by atoms with Crippen LogP contribution in [0, 0.1) is 5.82 Å². The number of rotatable bonds is 3. The zero-order valence-corrected chi connectivity index (χ0v) is 15.9. The molecule has 148 valence electrons. The zero-order valence-electron chi connectivity index (χ0n) is 15.9. The van der Waals surface area contributed by atoms with Gasteiger partial charge in [0, 0.05) is 50.9 Å². The van der Waals surface area contributed by atoms with Gasteiger partial charge >= 0.3 is 6.03 Å². The second-order valence-electron chi connectivity index (χ2n) is 7.35. The molecule has 3 amide bonds. The van der Waals surface area contributed by atoms with Gasteiger partial charge < -0.3 is 15.1 Å². The van der Waals surface area contributed by atoms with Crippen molar-refractivity contribution in [2.24, 2.45) is 7.05 Å². The summed E-state index contributed by atoms with van der Waals surface area (Å²) < 4.78 is 14.8. The Balaban J connectivity index is 1.45. The Morgan fingerprint density at radius 3 is 2.54 bits per heavy atom. The van der Waals surface area contributed by atoms with Crippen LogP contribution in [0.5, 0.6) is 0 Å². The van der Waals surface area contributed by atoms with Crippen molar-refractivity contribution in [3.63, 3.8) is 0 Å². The molecule has 0 bridgehead atoms. The Bertz CT molecular complexity index is 887. The first-order valence-corrected chi connectivity index (χ1v) is 9.64. The maximum Gasteiger partial charge on any atom is 0.317 e. The number of urea groups is 1. The van der Waals surface area contributed by atoms with Gasteiger partial charge in [-0.1, -0.05) is 12.1 Å². The third kappa shape index (κ3) is 3.58. The van der Waals surface area contributed by atoms with E-state index in [2.05, 4.69) is 10.4 Å². The second kappa shape index (κ2) is 7.61. The molecule has 2 aromatic rings. The molecule has 0 aliphatic carbocycles. The number of carbonyl (C=O) groups excluding carboxylic acids is 2. The lowest BCUT2D eigenvalue weighted by molar-refractivity contribution is 0.0783. The fourth-order valence-electron chi connectivity index (χ4n) is 3.90. The number of aromatic nitrogens is 2. The summed E-state index contributed by atoms with van der Waals surface area (Å²) in [4.78, 5) is 29.0. The molecule has 2 aliphatic heterocycles. The number of benzene rings is 1. The van der Waals surface area contributed by atoms with Crippen molar-refractivity contribution in [3.05, 3.63) is 52.6 Å². The van der Waals surface area contributed by atoms with Crippen molar-refractivity contribution in [2.75, 3.05) is 19.6 Å². The van der Waals surface area contributed by atoms with Crippen molar-refractivity contribution in [2.45, 2.75) is 32.4 Å².